The lowest BCUT2D eigenvalue weighted by atomic mass is 10.1. The van der Waals surface area contributed by atoms with Crippen molar-refractivity contribution >= 4 is 17.9 Å². The molecule has 18 heavy (non-hydrogen) atoms. The molecule has 0 aromatic heterocycles. The number of hydrogen-bond donors (Lipinski definition) is 1. The molecule has 0 saturated carbocycles. The average Bonchev–Trinajstić information content (AvgIpc) is 2.34. The Bertz CT molecular complexity index is 465. The SMILES string of the molecule is CC(=O)OCCOC(=O)c1ccccc1C(=O)O. The van der Waals surface area contributed by atoms with Crippen molar-refractivity contribution in [1.29, 1.82) is 0 Å². The standard InChI is InChI=1S/C12H12O6/c1-8(13)17-6-7-18-12(16)10-5-3-2-4-9(10)11(14)15/h2-5H,6-7H2,1H3,(H,14,15). The predicted molar refractivity (Wildman–Crippen MR) is 60.3 cm³/mol. The van der Waals surface area contributed by atoms with E-state index in [1.54, 1.807) is 0 Å². The normalized spacial score (nSPS) is 9.61. The van der Waals surface area contributed by atoms with Gasteiger partial charge in [-0.1, -0.05) is 12.1 Å². The first kappa shape index (κ1) is 13.7. The van der Waals surface area contributed by atoms with Gasteiger partial charge in [-0.05, 0) is 12.1 Å². The maximum absolute atomic E-state index is 11.6. The molecule has 0 saturated heterocycles. The first-order valence-corrected chi connectivity index (χ1v) is 5.15. The van der Waals surface area contributed by atoms with Gasteiger partial charge in [0.25, 0.3) is 0 Å². The first-order chi connectivity index (χ1) is 8.52. The summed E-state index contributed by atoms with van der Waals surface area (Å²) in [5, 5.41) is 8.88. The molecule has 96 valence electrons. The number of carboxylic acid groups (broad SMARTS) is 1. The Morgan fingerprint density at radius 1 is 1.06 bits per heavy atom. The van der Waals surface area contributed by atoms with E-state index >= 15 is 0 Å². The van der Waals surface area contributed by atoms with Crippen molar-refractivity contribution in [2.24, 2.45) is 0 Å². The molecular formula is C12H12O6. The summed E-state index contributed by atoms with van der Waals surface area (Å²) in [4.78, 5) is 32.9. The van der Waals surface area contributed by atoms with Crippen LogP contribution in [0.3, 0.4) is 0 Å². The van der Waals surface area contributed by atoms with Gasteiger partial charge < -0.3 is 14.6 Å². The number of carbonyl (C=O) groups excluding carboxylic acids is 2. The van der Waals surface area contributed by atoms with Crippen LogP contribution in [0, 0.1) is 0 Å². The number of benzene rings is 1. The number of ether oxygens (including phenoxy) is 2. The molecule has 0 aliphatic carbocycles. The minimum absolute atomic E-state index is 0.0344. The van der Waals surface area contributed by atoms with Gasteiger partial charge in [-0.2, -0.15) is 0 Å². The Hall–Kier alpha value is -2.37. The van der Waals surface area contributed by atoms with Gasteiger partial charge in [-0.3, -0.25) is 4.79 Å². The fourth-order valence-corrected chi connectivity index (χ4v) is 1.25. The van der Waals surface area contributed by atoms with Crippen LogP contribution in [0.1, 0.15) is 27.6 Å². The number of rotatable bonds is 5. The summed E-state index contributed by atoms with van der Waals surface area (Å²) in [6.45, 7) is 1.06. The van der Waals surface area contributed by atoms with Gasteiger partial charge in [0, 0.05) is 6.92 Å². The fraction of sp³-hybridized carbons (Fsp3) is 0.250. The Morgan fingerprint density at radius 2 is 1.61 bits per heavy atom. The summed E-state index contributed by atoms with van der Waals surface area (Å²) >= 11 is 0. The average molecular weight is 252 g/mol. The lowest BCUT2D eigenvalue weighted by Gasteiger charge is -2.07. The van der Waals surface area contributed by atoms with Crippen molar-refractivity contribution in [1.82, 2.24) is 0 Å². The van der Waals surface area contributed by atoms with E-state index in [-0.39, 0.29) is 24.3 Å². The van der Waals surface area contributed by atoms with Gasteiger partial charge >= 0.3 is 17.9 Å². The minimum atomic E-state index is -1.21. The number of aromatic carboxylic acids is 1. The first-order valence-electron chi connectivity index (χ1n) is 5.15. The van der Waals surface area contributed by atoms with E-state index in [1.165, 1.54) is 31.2 Å². The quantitative estimate of drug-likeness (QED) is 0.623. The molecule has 6 heteroatoms. The van der Waals surface area contributed by atoms with Crippen molar-refractivity contribution in [2.75, 3.05) is 13.2 Å². The molecule has 0 unspecified atom stereocenters. The van der Waals surface area contributed by atoms with Crippen molar-refractivity contribution < 1.29 is 29.0 Å². The van der Waals surface area contributed by atoms with Crippen LogP contribution in [0.2, 0.25) is 0 Å². The number of carbonyl (C=O) groups is 3. The smallest absolute Gasteiger partial charge is 0.339 e. The van der Waals surface area contributed by atoms with E-state index in [9.17, 15) is 14.4 Å². The lowest BCUT2D eigenvalue weighted by Crippen LogP contribution is -2.15. The van der Waals surface area contributed by atoms with Crippen molar-refractivity contribution in [2.45, 2.75) is 6.92 Å². The molecule has 0 spiro atoms. The summed E-state index contributed by atoms with van der Waals surface area (Å²) < 4.78 is 9.36. The summed E-state index contributed by atoms with van der Waals surface area (Å²) in [6, 6.07) is 5.72. The van der Waals surface area contributed by atoms with Gasteiger partial charge in [0.05, 0.1) is 11.1 Å². The summed E-state index contributed by atoms with van der Waals surface area (Å²) in [5.74, 6) is -2.44. The summed E-state index contributed by atoms with van der Waals surface area (Å²) in [7, 11) is 0. The Labute approximate surface area is 103 Å². The molecule has 0 amide bonds. The largest absolute Gasteiger partial charge is 0.478 e. The van der Waals surface area contributed by atoms with Crippen LogP contribution >= 0.6 is 0 Å². The maximum Gasteiger partial charge on any atom is 0.339 e. The lowest BCUT2D eigenvalue weighted by molar-refractivity contribution is -0.142. The second-order valence-electron chi connectivity index (χ2n) is 3.33. The van der Waals surface area contributed by atoms with E-state index in [0.717, 1.165) is 0 Å². The molecule has 1 aromatic carbocycles. The number of carboxylic acids is 1. The Morgan fingerprint density at radius 3 is 2.17 bits per heavy atom. The zero-order valence-electron chi connectivity index (χ0n) is 9.71. The molecule has 1 aromatic rings. The third-order valence-electron chi connectivity index (χ3n) is 2.00. The molecule has 0 fully saturated rings. The highest BCUT2D eigenvalue weighted by Gasteiger charge is 2.16. The fourth-order valence-electron chi connectivity index (χ4n) is 1.25. The molecule has 1 rings (SSSR count). The zero-order chi connectivity index (χ0) is 13.5. The molecule has 0 radical (unpaired) electrons. The highest BCUT2D eigenvalue weighted by atomic mass is 16.6. The highest BCUT2D eigenvalue weighted by molar-refractivity contribution is 6.02. The van der Waals surface area contributed by atoms with Crippen LogP contribution in [0.15, 0.2) is 24.3 Å². The van der Waals surface area contributed by atoms with Crippen molar-refractivity contribution in [3.63, 3.8) is 0 Å². The van der Waals surface area contributed by atoms with Crippen LogP contribution in [0.4, 0.5) is 0 Å². The van der Waals surface area contributed by atoms with Crippen LogP contribution in [0.5, 0.6) is 0 Å². The molecule has 0 aliphatic rings. The van der Waals surface area contributed by atoms with E-state index in [4.69, 9.17) is 9.84 Å². The number of esters is 2. The summed E-state index contributed by atoms with van der Waals surface area (Å²) in [5.41, 5.74) is -0.164. The van der Waals surface area contributed by atoms with Gasteiger partial charge in [0.1, 0.15) is 13.2 Å². The number of hydrogen-bond acceptors (Lipinski definition) is 5. The second-order valence-corrected chi connectivity index (χ2v) is 3.33. The van der Waals surface area contributed by atoms with Crippen LogP contribution in [-0.4, -0.2) is 36.2 Å². The molecule has 0 aliphatic heterocycles. The van der Waals surface area contributed by atoms with E-state index < -0.39 is 17.9 Å². The van der Waals surface area contributed by atoms with Crippen molar-refractivity contribution in [3.05, 3.63) is 35.4 Å². The van der Waals surface area contributed by atoms with E-state index in [0.29, 0.717) is 0 Å². The third kappa shape index (κ3) is 3.89. The predicted octanol–water partition coefficient (Wildman–Crippen LogP) is 1.10. The monoisotopic (exact) mass is 252 g/mol. The van der Waals surface area contributed by atoms with Crippen LogP contribution < -0.4 is 0 Å². The molecule has 0 bridgehead atoms. The van der Waals surface area contributed by atoms with Crippen molar-refractivity contribution in [3.8, 4) is 0 Å². The van der Waals surface area contributed by atoms with Crippen LogP contribution in [0.25, 0.3) is 0 Å². The van der Waals surface area contributed by atoms with Gasteiger partial charge in [-0.25, -0.2) is 9.59 Å². The molecule has 1 N–H and O–H groups in total. The van der Waals surface area contributed by atoms with E-state index in [1.807, 2.05) is 0 Å². The Balaban J connectivity index is 2.61. The maximum atomic E-state index is 11.6. The van der Waals surface area contributed by atoms with Gasteiger partial charge in [0.15, 0.2) is 0 Å². The highest BCUT2D eigenvalue weighted by Crippen LogP contribution is 2.10. The molecule has 0 heterocycles. The Kier molecular flexibility index (Phi) is 4.86. The molecular weight excluding hydrogens is 240 g/mol. The van der Waals surface area contributed by atoms with Gasteiger partial charge in [-0.15, -0.1) is 0 Å². The molecule has 6 nitrogen and oxygen atoms in total. The topological polar surface area (TPSA) is 89.9 Å². The van der Waals surface area contributed by atoms with Crippen LogP contribution in [-0.2, 0) is 14.3 Å². The zero-order valence-corrected chi connectivity index (χ0v) is 9.71. The van der Waals surface area contributed by atoms with E-state index in [2.05, 4.69) is 4.74 Å². The molecule has 0 atom stereocenters. The van der Waals surface area contributed by atoms with Gasteiger partial charge in [0.2, 0.25) is 0 Å². The third-order valence-corrected chi connectivity index (χ3v) is 2.00. The minimum Gasteiger partial charge on any atom is -0.478 e. The summed E-state index contributed by atoms with van der Waals surface area (Å²) in [6.07, 6.45) is 0. The second kappa shape index (κ2) is 6.39.